The number of rotatable bonds is 3. The fourth-order valence-corrected chi connectivity index (χ4v) is 2.03. The molecule has 3 heteroatoms. The lowest BCUT2D eigenvalue weighted by atomic mass is 10.2. The van der Waals surface area contributed by atoms with Gasteiger partial charge in [0.05, 0.1) is 0 Å². The van der Waals surface area contributed by atoms with Crippen LogP contribution in [-0.4, -0.2) is 30.5 Å². The molecule has 0 spiro atoms. The Kier molecular flexibility index (Phi) is 3.57. The average molecular weight is 219 g/mol. The van der Waals surface area contributed by atoms with E-state index >= 15 is 0 Å². The van der Waals surface area contributed by atoms with Crippen molar-refractivity contribution < 1.29 is 9.53 Å². The second kappa shape index (κ2) is 5.12. The molecule has 1 aliphatic heterocycles. The Hall–Kier alpha value is -1.35. The van der Waals surface area contributed by atoms with Gasteiger partial charge in [-0.05, 0) is 32.0 Å². The quantitative estimate of drug-likeness (QED) is 0.726. The van der Waals surface area contributed by atoms with Crippen LogP contribution in [0, 0.1) is 0 Å². The predicted molar refractivity (Wildman–Crippen MR) is 61.9 cm³/mol. The van der Waals surface area contributed by atoms with Gasteiger partial charge in [-0.25, -0.2) is 0 Å². The highest BCUT2D eigenvalue weighted by Crippen LogP contribution is 2.16. The molecule has 0 radical (unpaired) electrons. The molecular formula is C13H17NO2. The zero-order valence-electron chi connectivity index (χ0n) is 9.56. The van der Waals surface area contributed by atoms with Crippen molar-refractivity contribution in [1.29, 1.82) is 0 Å². The van der Waals surface area contributed by atoms with Crippen molar-refractivity contribution in [2.45, 2.75) is 25.5 Å². The molecule has 1 aromatic carbocycles. The van der Waals surface area contributed by atoms with Crippen molar-refractivity contribution in [2.24, 2.45) is 0 Å². The Bertz CT molecular complexity index is 350. The normalized spacial score (nSPS) is 20.9. The van der Waals surface area contributed by atoms with E-state index in [4.69, 9.17) is 4.74 Å². The van der Waals surface area contributed by atoms with Crippen molar-refractivity contribution >= 4 is 5.97 Å². The van der Waals surface area contributed by atoms with Gasteiger partial charge >= 0.3 is 5.97 Å². The van der Waals surface area contributed by atoms with Crippen molar-refractivity contribution in [1.82, 2.24) is 4.90 Å². The number of hydrogen-bond donors (Lipinski definition) is 0. The van der Waals surface area contributed by atoms with Gasteiger partial charge in [-0.2, -0.15) is 0 Å². The van der Waals surface area contributed by atoms with E-state index in [1.165, 1.54) is 0 Å². The highest BCUT2D eigenvalue weighted by molar-refractivity contribution is 5.76. The van der Waals surface area contributed by atoms with E-state index in [0.717, 1.165) is 24.9 Å². The van der Waals surface area contributed by atoms with Crippen LogP contribution in [0.3, 0.4) is 0 Å². The fraction of sp³-hybridized carbons (Fsp3) is 0.462. The van der Waals surface area contributed by atoms with Crippen LogP contribution in [0.1, 0.15) is 18.4 Å². The molecule has 3 nitrogen and oxygen atoms in total. The van der Waals surface area contributed by atoms with E-state index in [-0.39, 0.29) is 12.0 Å². The third kappa shape index (κ3) is 2.61. The molecule has 1 atom stereocenters. The highest BCUT2D eigenvalue weighted by atomic mass is 16.5. The van der Waals surface area contributed by atoms with Crippen LogP contribution in [-0.2, 0) is 16.1 Å². The number of likely N-dealkylation sites (tertiary alicyclic amines) is 1. The Morgan fingerprint density at radius 1 is 1.44 bits per heavy atom. The molecule has 0 aromatic heterocycles. The summed E-state index contributed by atoms with van der Waals surface area (Å²) in [6.45, 7) is 1.37. The molecule has 0 aliphatic carbocycles. The van der Waals surface area contributed by atoms with Gasteiger partial charge in [0.2, 0.25) is 0 Å². The Morgan fingerprint density at radius 2 is 2.19 bits per heavy atom. The molecule has 0 saturated carbocycles. The smallest absolute Gasteiger partial charge is 0.323 e. The highest BCUT2D eigenvalue weighted by Gasteiger charge is 2.28. The molecule has 0 N–H and O–H groups in total. The molecule has 2 rings (SSSR count). The number of likely N-dealkylation sites (N-methyl/N-ethyl adjacent to an activating group) is 1. The van der Waals surface area contributed by atoms with Gasteiger partial charge in [-0.3, -0.25) is 9.69 Å². The number of hydrogen-bond acceptors (Lipinski definition) is 3. The van der Waals surface area contributed by atoms with Crippen LogP contribution < -0.4 is 0 Å². The van der Waals surface area contributed by atoms with E-state index < -0.39 is 0 Å². The summed E-state index contributed by atoms with van der Waals surface area (Å²) in [5.41, 5.74) is 1.04. The molecule has 1 heterocycles. The summed E-state index contributed by atoms with van der Waals surface area (Å²) in [6, 6.07) is 9.74. The third-order valence-electron chi connectivity index (χ3n) is 3.02. The molecule has 86 valence electrons. The third-order valence-corrected chi connectivity index (χ3v) is 3.02. The maximum Gasteiger partial charge on any atom is 0.323 e. The summed E-state index contributed by atoms with van der Waals surface area (Å²) >= 11 is 0. The molecule has 16 heavy (non-hydrogen) atoms. The number of carbonyl (C=O) groups is 1. The minimum Gasteiger partial charge on any atom is -0.460 e. The minimum absolute atomic E-state index is 0.0382. The van der Waals surface area contributed by atoms with Gasteiger partial charge in [-0.15, -0.1) is 0 Å². The van der Waals surface area contributed by atoms with Gasteiger partial charge in [0, 0.05) is 0 Å². The van der Waals surface area contributed by atoms with Gasteiger partial charge in [0.25, 0.3) is 0 Å². The molecule has 0 unspecified atom stereocenters. The van der Waals surface area contributed by atoms with E-state index in [1.54, 1.807) is 0 Å². The first-order valence-electron chi connectivity index (χ1n) is 5.68. The van der Waals surface area contributed by atoms with E-state index in [0.29, 0.717) is 6.61 Å². The maximum atomic E-state index is 11.8. The van der Waals surface area contributed by atoms with Crippen LogP contribution in [0.5, 0.6) is 0 Å². The average Bonchev–Trinajstić information content (AvgIpc) is 2.74. The topological polar surface area (TPSA) is 29.5 Å². The predicted octanol–water partition coefficient (Wildman–Crippen LogP) is 1.82. The number of carbonyl (C=O) groups excluding carboxylic acids is 1. The molecule has 0 amide bonds. The molecule has 1 fully saturated rings. The van der Waals surface area contributed by atoms with E-state index in [1.807, 2.05) is 37.4 Å². The lowest BCUT2D eigenvalue weighted by Gasteiger charge is -2.17. The van der Waals surface area contributed by atoms with E-state index in [2.05, 4.69) is 4.90 Å². The lowest BCUT2D eigenvalue weighted by molar-refractivity contribution is -0.149. The first-order chi connectivity index (χ1) is 7.77. The molecular weight excluding hydrogens is 202 g/mol. The summed E-state index contributed by atoms with van der Waals surface area (Å²) in [4.78, 5) is 13.8. The zero-order valence-corrected chi connectivity index (χ0v) is 9.56. The van der Waals surface area contributed by atoms with Gasteiger partial charge < -0.3 is 4.74 Å². The van der Waals surface area contributed by atoms with Gasteiger partial charge in [-0.1, -0.05) is 30.3 Å². The zero-order chi connectivity index (χ0) is 11.4. The number of benzene rings is 1. The van der Waals surface area contributed by atoms with Crippen molar-refractivity contribution in [3.63, 3.8) is 0 Å². The lowest BCUT2D eigenvalue weighted by Crippen LogP contribution is -2.34. The second-order valence-corrected chi connectivity index (χ2v) is 4.23. The minimum atomic E-state index is -0.0937. The molecule has 0 bridgehead atoms. The summed E-state index contributed by atoms with van der Waals surface area (Å²) in [6.07, 6.45) is 2.01. The summed E-state index contributed by atoms with van der Waals surface area (Å²) in [5.74, 6) is -0.0937. The molecule has 1 aliphatic rings. The van der Waals surface area contributed by atoms with Gasteiger partial charge in [0.1, 0.15) is 12.6 Å². The molecule has 1 aromatic rings. The largest absolute Gasteiger partial charge is 0.460 e. The van der Waals surface area contributed by atoms with Crippen molar-refractivity contribution in [2.75, 3.05) is 13.6 Å². The summed E-state index contributed by atoms with van der Waals surface area (Å²) < 4.78 is 5.30. The first-order valence-corrected chi connectivity index (χ1v) is 5.68. The Balaban J connectivity index is 1.84. The number of nitrogens with zero attached hydrogens (tertiary/aromatic N) is 1. The maximum absolute atomic E-state index is 11.8. The second-order valence-electron chi connectivity index (χ2n) is 4.23. The van der Waals surface area contributed by atoms with Gasteiger partial charge in [0.15, 0.2) is 0 Å². The standard InChI is InChI=1S/C13H17NO2/c1-14-9-5-8-12(14)13(15)16-10-11-6-3-2-4-7-11/h2-4,6-7,12H,5,8-10H2,1H3/t12-/m1/s1. The Morgan fingerprint density at radius 3 is 2.81 bits per heavy atom. The Labute approximate surface area is 96.0 Å². The number of esters is 1. The SMILES string of the molecule is CN1CCC[C@@H]1C(=O)OCc1ccccc1. The van der Waals surface area contributed by atoms with Crippen molar-refractivity contribution in [3.8, 4) is 0 Å². The fourth-order valence-electron chi connectivity index (χ4n) is 2.03. The first kappa shape index (κ1) is 11.1. The van der Waals surface area contributed by atoms with Crippen LogP contribution in [0.25, 0.3) is 0 Å². The van der Waals surface area contributed by atoms with Crippen LogP contribution >= 0.6 is 0 Å². The van der Waals surface area contributed by atoms with Crippen LogP contribution in [0.15, 0.2) is 30.3 Å². The summed E-state index contributed by atoms with van der Waals surface area (Å²) in [7, 11) is 1.97. The van der Waals surface area contributed by atoms with E-state index in [9.17, 15) is 4.79 Å². The molecule has 1 saturated heterocycles. The monoisotopic (exact) mass is 219 g/mol. The van der Waals surface area contributed by atoms with Crippen LogP contribution in [0.2, 0.25) is 0 Å². The van der Waals surface area contributed by atoms with Crippen molar-refractivity contribution in [3.05, 3.63) is 35.9 Å². The summed E-state index contributed by atoms with van der Waals surface area (Å²) in [5, 5.41) is 0. The number of ether oxygens (including phenoxy) is 1. The van der Waals surface area contributed by atoms with Crippen LogP contribution in [0.4, 0.5) is 0 Å².